The summed E-state index contributed by atoms with van der Waals surface area (Å²) in [5.74, 6) is 0.758. The Bertz CT molecular complexity index is 1170. The Morgan fingerprint density at radius 3 is 2.64 bits per heavy atom. The van der Waals surface area contributed by atoms with Crippen molar-refractivity contribution in [1.82, 2.24) is 19.9 Å². The Hall–Kier alpha value is -2.50. The van der Waals surface area contributed by atoms with Crippen LogP contribution in [0.25, 0.3) is 11.2 Å². The summed E-state index contributed by atoms with van der Waals surface area (Å²) in [6.45, 7) is 4.35. The Morgan fingerprint density at radius 1 is 1.15 bits per heavy atom. The normalized spacial score (nSPS) is 22.9. The number of fused-ring (bicyclic) bond motifs is 1. The summed E-state index contributed by atoms with van der Waals surface area (Å²) in [6, 6.07) is 4.77. The van der Waals surface area contributed by atoms with Gasteiger partial charge in [0.25, 0.3) is 0 Å². The van der Waals surface area contributed by atoms with E-state index < -0.39 is 11.7 Å². The largest absolute Gasteiger partial charge is 0.418 e. The Labute approximate surface area is 193 Å². The molecule has 3 aromatic heterocycles. The first-order valence-corrected chi connectivity index (χ1v) is 11.5. The van der Waals surface area contributed by atoms with Gasteiger partial charge in [-0.2, -0.15) is 13.2 Å². The molecular formula is C22H23F3N6OS. The van der Waals surface area contributed by atoms with E-state index in [-0.39, 0.29) is 22.5 Å². The van der Waals surface area contributed by atoms with Crippen LogP contribution in [0.3, 0.4) is 0 Å². The molecule has 5 rings (SSSR count). The van der Waals surface area contributed by atoms with Gasteiger partial charge < -0.3 is 15.4 Å². The Balaban J connectivity index is 1.33. The number of hydrogen-bond acceptors (Lipinski definition) is 8. The maximum absolute atomic E-state index is 13.2. The van der Waals surface area contributed by atoms with Crippen LogP contribution in [0, 0.1) is 5.41 Å². The van der Waals surface area contributed by atoms with E-state index in [0.29, 0.717) is 22.8 Å². The molecule has 174 valence electrons. The molecule has 0 saturated carbocycles. The fourth-order valence-electron chi connectivity index (χ4n) is 4.54. The third kappa shape index (κ3) is 4.24. The summed E-state index contributed by atoms with van der Waals surface area (Å²) in [4.78, 5) is 19.3. The van der Waals surface area contributed by atoms with Gasteiger partial charge in [-0.1, -0.05) is 11.8 Å². The number of rotatable bonds is 3. The van der Waals surface area contributed by atoms with E-state index in [9.17, 15) is 13.2 Å². The highest BCUT2D eigenvalue weighted by Gasteiger charge is 2.47. The molecule has 11 heteroatoms. The number of aromatic nitrogens is 4. The zero-order valence-corrected chi connectivity index (χ0v) is 18.7. The van der Waals surface area contributed by atoms with Crippen LogP contribution in [0.1, 0.15) is 25.3 Å². The van der Waals surface area contributed by atoms with Crippen molar-refractivity contribution in [2.45, 2.75) is 48.0 Å². The molecule has 1 spiro atoms. The van der Waals surface area contributed by atoms with Crippen molar-refractivity contribution in [3.05, 3.63) is 42.4 Å². The van der Waals surface area contributed by atoms with E-state index in [1.165, 1.54) is 12.3 Å². The lowest BCUT2D eigenvalue weighted by Crippen LogP contribution is -2.50. The minimum Gasteiger partial charge on any atom is -0.376 e. The summed E-state index contributed by atoms with van der Waals surface area (Å²) in [5.41, 5.74) is 6.62. The van der Waals surface area contributed by atoms with Crippen molar-refractivity contribution < 1.29 is 17.9 Å². The lowest BCUT2D eigenvalue weighted by molar-refractivity contribution is -0.140. The van der Waals surface area contributed by atoms with Gasteiger partial charge in [0.1, 0.15) is 16.4 Å². The lowest BCUT2D eigenvalue weighted by Gasteiger charge is -2.41. The van der Waals surface area contributed by atoms with E-state index in [4.69, 9.17) is 15.5 Å². The first kappa shape index (κ1) is 22.3. The summed E-state index contributed by atoms with van der Waals surface area (Å²) in [5, 5.41) is 0.408. The molecular weight excluding hydrogens is 453 g/mol. The number of hydrogen-bond donors (Lipinski definition) is 1. The Morgan fingerprint density at radius 2 is 1.94 bits per heavy atom. The van der Waals surface area contributed by atoms with Crippen molar-refractivity contribution in [3.63, 3.8) is 0 Å². The van der Waals surface area contributed by atoms with Crippen LogP contribution >= 0.6 is 11.8 Å². The summed E-state index contributed by atoms with van der Waals surface area (Å²) in [7, 11) is 0. The number of ether oxygens (including phenoxy) is 1. The van der Waals surface area contributed by atoms with Gasteiger partial charge in [-0.15, -0.1) is 0 Å². The molecule has 0 aromatic carbocycles. The lowest BCUT2D eigenvalue weighted by atomic mass is 9.73. The zero-order chi connectivity index (χ0) is 23.2. The highest BCUT2D eigenvalue weighted by atomic mass is 32.2. The van der Waals surface area contributed by atoms with Gasteiger partial charge in [0.05, 0.1) is 24.5 Å². The molecule has 2 aliphatic rings. The average molecular weight is 477 g/mol. The maximum atomic E-state index is 13.2. The minimum atomic E-state index is -4.48. The third-order valence-corrected chi connectivity index (χ3v) is 7.61. The van der Waals surface area contributed by atoms with E-state index in [1.807, 2.05) is 6.92 Å². The van der Waals surface area contributed by atoms with Crippen LogP contribution in [0.4, 0.5) is 19.0 Å². The average Bonchev–Trinajstić information content (AvgIpc) is 3.07. The predicted octanol–water partition coefficient (Wildman–Crippen LogP) is 3.92. The maximum Gasteiger partial charge on any atom is 0.418 e. The number of piperidine rings is 1. The van der Waals surface area contributed by atoms with Crippen molar-refractivity contribution >= 4 is 28.7 Å². The molecule has 7 nitrogen and oxygen atoms in total. The predicted molar refractivity (Wildman–Crippen MR) is 118 cm³/mol. The number of alkyl halides is 3. The first-order valence-electron chi connectivity index (χ1n) is 10.7. The second-order valence-electron chi connectivity index (χ2n) is 8.58. The standard InChI is InChI=1S/C22H23F3N6OS/c1-13-19(26)21(12-32-13)5-8-31(9-6-21)17-11-28-20-15(29-17)2-3-18(30-20)33-16-4-7-27-10-14(16)22(23,24)25/h2-4,7,10-11,13,19H,5-6,8-9,12,26H2,1H3/t13-,19+/m0/s1. The molecule has 0 amide bonds. The zero-order valence-electron chi connectivity index (χ0n) is 17.9. The topological polar surface area (TPSA) is 90.0 Å². The van der Waals surface area contributed by atoms with Crippen molar-refractivity contribution in [3.8, 4) is 0 Å². The first-order chi connectivity index (χ1) is 15.7. The Kier molecular flexibility index (Phi) is 5.66. The number of nitrogens with two attached hydrogens (primary N) is 1. The number of anilines is 1. The monoisotopic (exact) mass is 476 g/mol. The van der Waals surface area contributed by atoms with E-state index >= 15 is 0 Å². The van der Waals surface area contributed by atoms with Crippen molar-refractivity contribution in [1.29, 1.82) is 0 Å². The van der Waals surface area contributed by atoms with Crippen LogP contribution in [-0.2, 0) is 10.9 Å². The van der Waals surface area contributed by atoms with Crippen molar-refractivity contribution in [2.24, 2.45) is 11.1 Å². The molecule has 2 N–H and O–H groups in total. The highest BCUT2D eigenvalue weighted by Crippen LogP contribution is 2.42. The van der Waals surface area contributed by atoms with Gasteiger partial charge in [-0.3, -0.25) is 4.98 Å². The number of nitrogens with zero attached hydrogens (tertiary/aromatic N) is 5. The molecule has 0 bridgehead atoms. The van der Waals surface area contributed by atoms with E-state index in [2.05, 4.69) is 19.9 Å². The third-order valence-electron chi connectivity index (χ3n) is 6.60. The molecule has 0 aliphatic carbocycles. The van der Waals surface area contributed by atoms with Crippen LogP contribution in [0.2, 0.25) is 0 Å². The summed E-state index contributed by atoms with van der Waals surface area (Å²) < 4.78 is 45.5. The van der Waals surface area contributed by atoms with E-state index in [0.717, 1.165) is 49.7 Å². The van der Waals surface area contributed by atoms with Gasteiger partial charge in [0.15, 0.2) is 5.65 Å². The van der Waals surface area contributed by atoms with Crippen LogP contribution < -0.4 is 10.6 Å². The summed E-state index contributed by atoms with van der Waals surface area (Å²) >= 11 is 0.926. The van der Waals surface area contributed by atoms with Crippen molar-refractivity contribution in [2.75, 3.05) is 24.6 Å². The smallest absolute Gasteiger partial charge is 0.376 e. The number of pyridine rings is 2. The SMILES string of the molecule is C[C@@H]1OCC2(CCN(c3cnc4nc(Sc5ccncc5C(F)(F)F)ccc4n3)CC2)[C@@H]1N. The second kappa shape index (κ2) is 8.37. The molecule has 2 fully saturated rings. The van der Waals surface area contributed by atoms with Gasteiger partial charge >= 0.3 is 6.18 Å². The van der Waals surface area contributed by atoms with Gasteiger partial charge in [-0.25, -0.2) is 15.0 Å². The summed E-state index contributed by atoms with van der Waals surface area (Å²) in [6.07, 6.45) is 1.28. The molecule has 2 atom stereocenters. The molecule has 5 heterocycles. The highest BCUT2D eigenvalue weighted by molar-refractivity contribution is 7.99. The minimum absolute atomic E-state index is 0.0239. The quantitative estimate of drug-likeness (QED) is 0.608. The molecule has 3 aromatic rings. The fourth-order valence-corrected chi connectivity index (χ4v) is 5.44. The molecule has 2 aliphatic heterocycles. The molecule has 2 saturated heterocycles. The van der Waals surface area contributed by atoms with Crippen LogP contribution in [0.5, 0.6) is 0 Å². The van der Waals surface area contributed by atoms with Gasteiger partial charge in [0, 0.05) is 41.8 Å². The fraction of sp³-hybridized carbons (Fsp3) is 0.455. The molecule has 33 heavy (non-hydrogen) atoms. The van der Waals surface area contributed by atoms with Gasteiger partial charge in [-0.05, 0) is 38.0 Å². The number of halogens is 3. The van der Waals surface area contributed by atoms with Crippen LogP contribution in [0.15, 0.2) is 46.7 Å². The van der Waals surface area contributed by atoms with E-state index in [1.54, 1.807) is 18.3 Å². The second-order valence-corrected chi connectivity index (χ2v) is 9.65. The molecule has 0 unspecified atom stereocenters. The van der Waals surface area contributed by atoms with Crippen LogP contribution in [-0.4, -0.2) is 51.8 Å². The molecule has 0 radical (unpaired) electrons. The van der Waals surface area contributed by atoms with Gasteiger partial charge in [0.2, 0.25) is 0 Å².